The van der Waals surface area contributed by atoms with Crippen LogP contribution >= 0.6 is 0 Å². The van der Waals surface area contributed by atoms with Crippen LogP contribution < -0.4 is 5.73 Å². The number of aliphatic hydroxyl groups is 4. The largest absolute Gasteiger partial charge is 0.459 e. The Hall–Kier alpha value is -1.50. The van der Waals surface area contributed by atoms with Crippen molar-refractivity contribution >= 4 is 11.9 Å². The molecule has 6 N–H and O–H groups in total. The summed E-state index contributed by atoms with van der Waals surface area (Å²) in [5.74, 6) is -4.30. The molecule has 0 unspecified atom stereocenters. The number of cyclic esters (lactones) is 2. The summed E-state index contributed by atoms with van der Waals surface area (Å²) in [5.41, 5.74) is 1.49. The maximum atomic E-state index is 14.2. The lowest BCUT2D eigenvalue weighted by atomic mass is 9.77. The minimum absolute atomic E-state index is 0.0969. The molecule has 0 radical (unpaired) electrons. The highest BCUT2D eigenvalue weighted by Crippen LogP contribution is 2.40. The zero-order valence-corrected chi connectivity index (χ0v) is 33.5. The lowest BCUT2D eigenvalue weighted by Crippen LogP contribution is -2.61. The molecule has 52 heavy (non-hydrogen) atoms. The third-order valence-corrected chi connectivity index (χ3v) is 11.5. The van der Waals surface area contributed by atoms with Crippen molar-refractivity contribution in [3.05, 3.63) is 0 Å². The van der Waals surface area contributed by atoms with Crippen molar-refractivity contribution in [2.45, 2.75) is 185 Å². The molecule has 3 fully saturated rings. The van der Waals surface area contributed by atoms with Crippen molar-refractivity contribution in [1.29, 1.82) is 0 Å². The summed E-state index contributed by atoms with van der Waals surface area (Å²) >= 11 is 0. The summed E-state index contributed by atoms with van der Waals surface area (Å²) in [6, 6.07) is -1.18. The fourth-order valence-corrected chi connectivity index (χ4v) is 8.28. The summed E-state index contributed by atoms with van der Waals surface area (Å²) < 4.78 is 43.0. The fourth-order valence-electron chi connectivity index (χ4n) is 8.28. The van der Waals surface area contributed by atoms with Crippen LogP contribution in [0.1, 0.15) is 94.9 Å². The smallest absolute Gasteiger partial charge is 0.311 e. The van der Waals surface area contributed by atoms with E-state index in [1.807, 2.05) is 25.9 Å². The van der Waals surface area contributed by atoms with Crippen LogP contribution in [0.3, 0.4) is 0 Å². The maximum Gasteiger partial charge on any atom is 0.311 e. The number of aliphatic hydroxyl groups excluding tert-OH is 2. The van der Waals surface area contributed by atoms with Gasteiger partial charge in [0.05, 0.1) is 47.5 Å². The Kier molecular flexibility index (Phi) is 15.1. The number of rotatable bonds is 8. The summed E-state index contributed by atoms with van der Waals surface area (Å²) in [6.07, 6.45) is -9.36. The molecule has 0 amide bonds. The number of hydrogen-bond acceptors (Lipinski definition) is 15. The first-order chi connectivity index (χ1) is 23.9. The van der Waals surface area contributed by atoms with Gasteiger partial charge in [-0.15, -0.1) is 0 Å². The molecule has 3 saturated heterocycles. The first kappa shape index (κ1) is 44.9. The highest BCUT2D eigenvalue weighted by atomic mass is 16.7. The second-order valence-corrected chi connectivity index (χ2v) is 16.6. The molecule has 15 heteroatoms. The van der Waals surface area contributed by atoms with E-state index in [-0.39, 0.29) is 31.4 Å². The Labute approximate surface area is 309 Å². The number of nitrogens with zero attached hydrogens (tertiary/aromatic N) is 1. The van der Waals surface area contributed by atoms with Gasteiger partial charge < -0.3 is 64.2 Å². The zero-order valence-electron chi connectivity index (χ0n) is 33.5. The molecule has 0 aromatic carbocycles. The molecule has 0 aliphatic carbocycles. The Morgan fingerprint density at radius 2 is 1.58 bits per heavy atom. The average Bonchev–Trinajstić information content (AvgIpc) is 3.05. The standard InChI is InChI=1S/C37H68N2O13/c1-14-25-37(10,45)31(22(6)38)51-32(42)18(2)16-35(8,44)30(52-34-27(40)24(39(11)12)15-19(3)47-34)20(4)28(21(5)33(43)49-25)50-26-17-36(9,46-13)29(41)23(7)48-26/h18-31,34,40-41,44-45H,14-17,38H2,1-13H3/t18-,19-,20+,21-,22-,23+,24+,25-,26+,27-,28+,29+,30-,31-,34+,35-,36-,37-/m1/s1. The van der Waals surface area contributed by atoms with Gasteiger partial charge in [0.25, 0.3) is 0 Å². The molecule has 3 rings (SSSR count). The predicted octanol–water partition coefficient (Wildman–Crippen LogP) is 1.48. The number of carbonyl (C=O) groups is 2. The highest BCUT2D eigenvalue weighted by Gasteiger charge is 2.53. The van der Waals surface area contributed by atoms with Crippen molar-refractivity contribution in [2.75, 3.05) is 21.2 Å². The zero-order chi connectivity index (χ0) is 39.7. The van der Waals surface area contributed by atoms with Crippen molar-refractivity contribution in [1.82, 2.24) is 4.90 Å². The number of carbonyl (C=O) groups excluding carboxylic acids is 2. The topological polar surface area (TPSA) is 209 Å². The van der Waals surface area contributed by atoms with Gasteiger partial charge in [-0.05, 0) is 81.8 Å². The van der Waals surface area contributed by atoms with E-state index in [0.29, 0.717) is 6.42 Å². The number of hydrogen-bond donors (Lipinski definition) is 5. The normalized spacial score (nSPS) is 48.1. The van der Waals surface area contributed by atoms with E-state index in [9.17, 15) is 30.0 Å². The second-order valence-electron chi connectivity index (χ2n) is 16.6. The van der Waals surface area contributed by atoms with Crippen LogP contribution in [0.25, 0.3) is 0 Å². The lowest BCUT2D eigenvalue weighted by Gasteiger charge is -2.49. The van der Waals surface area contributed by atoms with Crippen LogP contribution in [-0.4, -0.2) is 149 Å². The van der Waals surface area contributed by atoms with Crippen LogP contribution in [-0.2, 0) is 42.7 Å². The van der Waals surface area contributed by atoms with Gasteiger partial charge in [-0.2, -0.15) is 0 Å². The molecule has 3 heterocycles. The van der Waals surface area contributed by atoms with Crippen LogP contribution in [0, 0.1) is 17.8 Å². The van der Waals surface area contributed by atoms with E-state index in [1.165, 1.54) is 21.0 Å². The molecule has 0 aromatic heterocycles. The maximum absolute atomic E-state index is 14.2. The Bertz CT molecular complexity index is 1190. The SMILES string of the molecule is CC[C@H]1OC(=O)[C@H](C)[C@@H](O[C@H]2C[C@@](C)(OC)[C@@H](O)[C@H](C)O2)[C@H](C)[C@@H](O[C@@H]2O[C@H](C)C[C@H](N(C)C)[C@H]2O)[C@](C)(O)C[C@@H](C)C(=O)O[C@H]([C@@H](C)N)[C@]1(C)O. The first-order valence-corrected chi connectivity index (χ1v) is 18.7. The minimum atomic E-state index is -1.89. The molecule has 304 valence electrons. The Morgan fingerprint density at radius 1 is 0.962 bits per heavy atom. The van der Waals surface area contributed by atoms with Gasteiger partial charge in [0.2, 0.25) is 0 Å². The second kappa shape index (κ2) is 17.5. The Morgan fingerprint density at radius 3 is 2.12 bits per heavy atom. The lowest BCUT2D eigenvalue weighted by molar-refractivity contribution is -0.318. The number of nitrogens with two attached hydrogens (primary N) is 1. The van der Waals surface area contributed by atoms with Gasteiger partial charge in [-0.25, -0.2) is 0 Å². The average molecular weight is 749 g/mol. The molecule has 0 aromatic rings. The molecule has 0 bridgehead atoms. The molecule has 3 aliphatic heterocycles. The molecule has 0 spiro atoms. The summed E-state index contributed by atoms with van der Waals surface area (Å²) in [7, 11) is 5.18. The number of likely N-dealkylation sites (N-methyl/N-ethyl adjacent to an activating group) is 1. The third kappa shape index (κ3) is 9.83. The van der Waals surface area contributed by atoms with Gasteiger partial charge in [0.1, 0.15) is 30.0 Å². The summed E-state index contributed by atoms with van der Waals surface area (Å²) in [5, 5.41) is 46.5. The number of esters is 2. The van der Waals surface area contributed by atoms with Crippen molar-refractivity contribution in [3.8, 4) is 0 Å². The summed E-state index contributed by atoms with van der Waals surface area (Å²) in [6.45, 7) is 16.5. The van der Waals surface area contributed by atoms with Gasteiger partial charge in [0, 0.05) is 31.5 Å². The van der Waals surface area contributed by atoms with Gasteiger partial charge in [-0.1, -0.05) is 20.8 Å². The van der Waals surface area contributed by atoms with E-state index in [1.54, 1.807) is 48.5 Å². The van der Waals surface area contributed by atoms with E-state index >= 15 is 0 Å². The molecule has 18 atom stereocenters. The number of ether oxygens (including phenoxy) is 7. The molecular weight excluding hydrogens is 680 g/mol. The van der Waals surface area contributed by atoms with Gasteiger partial charge in [0.15, 0.2) is 12.6 Å². The van der Waals surface area contributed by atoms with E-state index in [2.05, 4.69) is 0 Å². The van der Waals surface area contributed by atoms with Crippen LogP contribution in [0.2, 0.25) is 0 Å². The van der Waals surface area contributed by atoms with Crippen molar-refractivity contribution < 1.29 is 63.2 Å². The molecular formula is C37H68N2O13. The monoisotopic (exact) mass is 748 g/mol. The fraction of sp³-hybridized carbons (Fsp3) is 0.946. The third-order valence-electron chi connectivity index (χ3n) is 11.5. The first-order valence-electron chi connectivity index (χ1n) is 18.7. The summed E-state index contributed by atoms with van der Waals surface area (Å²) in [4.78, 5) is 29.7. The van der Waals surface area contributed by atoms with E-state index in [4.69, 9.17) is 38.9 Å². The van der Waals surface area contributed by atoms with Crippen LogP contribution in [0.5, 0.6) is 0 Å². The molecule has 0 saturated carbocycles. The Balaban J connectivity index is 2.19. The molecule has 3 aliphatic rings. The van der Waals surface area contributed by atoms with Gasteiger partial charge in [-0.3, -0.25) is 9.59 Å². The minimum Gasteiger partial charge on any atom is -0.459 e. The quantitative estimate of drug-likeness (QED) is 0.223. The predicted molar refractivity (Wildman–Crippen MR) is 190 cm³/mol. The van der Waals surface area contributed by atoms with Crippen molar-refractivity contribution in [3.63, 3.8) is 0 Å². The van der Waals surface area contributed by atoms with Crippen molar-refractivity contribution in [2.24, 2.45) is 23.5 Å². The highest BCUT2D eigenvalue weighted by molar-refractivity contribution is 5.73. The number of methoxy groups -OCH3 is 1. The van der Waals surface area contributed by atoms with Crippen LogP contribution in [0.4, 0.5) is 0 Å². The molecule has 15 nitrogen and oxygen atoms in total. The van der Waals surface area contributed by atoms with E-state index < -0.39 is 108 Å². The van der Waals surface area contributed by atoms with Gasteiger partial charge >= 0.3 is 11.9 Å². The van der Waals surface area contributed by atoms with E-state index in [0.717, 1.165) is 0 Å². The van der Waals surface area contributed by atoms with Crippen LogP contribution in [0.15, 0.2) is 0 Å².